The van der Waals surface area contributed by atoms with Crippen LogP contribution in [0.3, 0.4) is 0 Å². The van der Waals surface area contributed by atoms with Crippen LogP contribution in [0.5, 0.6) is 0 Å². The van der Waals surface area contributed by atoms with Crippen molar-refractivity contribution < 1.29 is 17.9 Å². The molecular weight excluding hydrogens is 421 g/mol. The Bertz CT molecular complexity index is 474. The van der Waals surface area contributed by atoms with Crippen molar-refractivity contribution >= 4 is 45.7 Å². The van der Waals surface area contributed by atoms with E-state index in [2.05, 4.69) is 10.3 Å². The highest BCUT2D eigenvalue weighted by atomic mass is 127. The number of hydrogen-bond donors (Lipinski definition) is 1. The topological polar surface area (TPSA) is 88.1 Å². The predicted octanol–water partition coefficient (Wildman–Crippen LogP) is 0.500. The van der Waals surface area contributed by atoms with Gasteiger partial charge in [0.05, 0.1) is 18.8 Å². The lowest BCUT2D eigenvalue weighted by molar-refractivity contribution is -0.146. The maximum atomic E-state index is 11.5. The number of sulfone groups is 1. The summed E-state index contributed by atoms with van der Waals surface area (Å²) in [5, 5.41) is 3.07. The number of nitrogens with one attached hydrogen (secondary N) is 1. The third kappa shape index (κ3) is 6.67. The maximum absolute atomic E-state index is 11.5. The molecule has 22 heavy (non-hydrogen) atoms. The van der Waals surface area contributed by atoms with E-state index in [1.807, 2.05) is 4.90 Å². The molecule has 1 N–H and O–H groups in total. The van der Waals surface area contributed by atoms with Crippen LogP contribution in [0.1, 0.15) is 19.8 Å². The number of nitrogens with zero attached hydrogens (tertiary/aromatic N) is 2. The first-order chi connectivity index (χ1) is 9.93. The molecule has 1 fully saturated rings. The minimum Gasteiger partial charge on any atom is -0.469 e. The molecule has 1 rings (SSSR count). The molecule has 130 valence electrons. The van der Waals surface area contributed by atoms with Crippen molar-refractivity contribution in [2.75, 3.05) is 45.3 Å². The molecule has 0 saturated carbocycles. The van der Waals surface area contributed by atoms with Crippen molar-refractivity contribution in [1.29, 1.82) is 0 Å². The average molecular weight is 447 g/mol. The van der Waals surface area contributed by atoms with Crippen molar-refractivity contribution in [2.45, 2.75) is 19.8 Å². The van der Waals surface area contributed by atoms with Crippen LogP contribution < -0.4 is 5.32 Å². The van der Waals surface area contributed by atoms with E-state index in [1.54, 1.807) is 14.0 Å². The van der Waals surface area contributed by atoms with E-state index in [0.29, 0.717) is 25.6 Å². The van der Waals surface area contributed by atoms with Gasteiger partial charge in [-0.25, -0.2) is 8.42 Å². The number of methoxy groups -OCH3 is 1. The third-order valence-corrected chi connectivity index (χ3v) is 5.38. The molecule has 1 aliphatic heterocycles. The fraction of sp³-hybridized carbons (Fsp3) is 0.846. The first kappa shape index (κ1) is 21.4. The van der Waals surface area contributed by atoms with Gasteiger partial charge in [-0.1, -0.05) is 6.92 Å². The summed E-state index contributed by atoms with van der Waals surface area (Å²) in [6.45, 7) is 3.40. The normalized spacial score (nSPS) is 16.9. The van der Waals surface area contributed by atoms with E-state index in [9.17, 15) is 13.2 Å². The number of piperidine rings is 1. The number of hydrogen-bond acceptors (Lipinski definition) is 5. The molecule has 7 nitrogen and oxygen atoms in total. The number of likely N-dealkylation sites (tertiary alicyclic amines) is 1. The molecule has 0 unspecified atom stereocenters. The molecular formula is C13H26IN3O4S. The molecule has 0 amide bonds. The zero-order chi connectivity index (χ0) is 15.9. The van der Waals surface area contributed by atoms with Gasteiger partial charge in [0, 0.05) is 32.4 Å². The fourth-order valence-electron chi connectivity index (χ4n) is 2.29. The number of ether oxygens (including phenoxy) is 1. The molecule has 1 heterocycles. The summed E-state index contributed by atoms with van der Waals surface area (Å²) in [5.41, 5.74) is 0. The lowest BCUT2D eigenvalue weighted by Gasteiger charge is -2.33. The fourth-order valence-corrected chi connectivity index (χ4v) is 2.99. The van der Waals surface area contributed by atoms with Gasteiger partial charge >= 0.3 is 5.97 Å². The number of carbonyl (C=O) groups excluding carboxylic acids is 1. The summed E-state index contributed by atoms with van der Waals surface area (Å²) < 4.78 is 27.7. The number of rotatable bonds is 5. The van der Waals surface area contributed by atoms with Crippen LogP contribution in [0.25, 0.3) is 0 Å². The molecule has 1 saturated heterocycles. The van der Waals surface area contributed by atoms with E-state index >= 15 is 0 Å². The third-order valence-electron chi connectivity index (χ3n) is 3.68. The quantitative estimate of drug-likeness (QED) is 0.286. The largest absolute Gasteiger partial charge is 0.469 e. The Morgan fingerprint density at radius 1 is 1.36 bits per heavy atom. The number of esters is 1. The van der Waals surface area contributed by atoms with Crippen LogP contribution in [0.15, 0.2) is 4.99 Å². The van der Waals surface area contributed by atoms with Gasteiger partial charge in [-0.05, 0) is 12.8 Å². The van der Waals surface area contributed by atoms with Crippen molar-refractivity contribution in [3.05, 3.63) is 0 Å². The second kappa shape index (κ2) is 10.2. The van der Waals surface area contributed by atoms with Crippen LogP contribution in [0.2, 0.25) is 0 Å². The zero-order valence-electron chi connectivity index (χ0n) is 13.4. The first-order valence-corrected chi connectivity index (χ1v) is 8.99. The monoisotopic (exact) mass is 447 g/mol. The van der Waals surface area contributed by atoms with Gasteiger partial charge in [0.2, 0.25) is 0 Å². The van der Waals surface area contributed by atoms with Crippen LogP contribution in [0.4, 0.5) is 0 Å². The van der Waals surface area contributed by atoms with Crippen LogP contribution in [-0.4, -0.2) is 70.5 Å². The molecule has 0 aromatic rings. The van der Waals surface area contributed by atoms with Gasteiger partial charge in [0.25, 0.3) is 0 Å². The predicted molar refractivity (Wildman–Crippen MR) is 97.4 cm³/mol. The Morgan fingerprint density at radius 3 is 2.41 bits per heavy atom. The van der Waals surface area contributed by atoms with Gasteiger partial charge < -0.3 is 15.0 Å². The van der Waals surface area contributed by atoms with Crippen LogP contribution in [0, 0.1) is 5.92 Å². The molecule has 1 aliphatic rings. The molecule has 0 bridgehead atoms. The van der Waals surface area contributed by atoms with E-state index < -0.39 is 9.84 Å². The molecule has 9 heteroatoms. The van der Waals surface area contributed by atoms with Crippen molar-refractivity contribution in [2.24, 2.45) is 10.9 Å². The van der Waals surface area contributed by atoms with E-state index in [-0.39, 0.29) is 47.4 Å². The molecule has 0 radical (unpaired) electrons. The molecule has 0 aliphatic carbocycles. The number of halogens is 1. The maximum Gasteiger partial charge on any atom is 0.308 e. The summed E-state index contributed by atoms with van der Waals surface area (Å²) in [5.74, 6) is 0.722. The molecule has 0 atom stereocenters. The van der Waals surface area contributed by atoms with Gasteiger partial charge in [-0.15, -0.1) is 24.0 Å². The molecule has 0 aromatic carbocycles. The minimum absolute atomic E-state index is 0. The van der Waals surface area contributed by atoms with Crippen LogP contribution in [-0.2, 0) is 19.4 Å². The van der Waals surface area contributed by atoms with Crippen molar-refractivity contribution in [3.8, 4) is 0 Å². The van der Waals surface area contributed by atoms with Crippen LogP contribution >= 0.6 is 24.0 Å². The van der Waals surface area contributed by atoms with Crippen molar-refractivity contribution in [1.82, 2.24) is 10.2 Å². The van der Waals surface area contributed by atoms with Crippen molar-refractivity contribution in [3.63, 3.8) is 0 Å². The highest BCUT2D eigenvalue weighted by molar-refractivity contribution is 14.0. The minimum atomic E-state index is -2.97. The van der Waals surface area contributed by atoms with E-state index in [4.69, 9.17) is 4.74 Å². The summed E-state index contributed by atoms with van der Waals surface area (Å²) in [6.07, 6.45) is 1.45. The SMILES string of the molecule is CCS(=O)(=O)CCNC(=NC)N1CCC(C(=O)OC)CC1.I. The van der Waals surface area contributed by atoms with E-state index in [0.717, 1.165) is 12.8 Å². The van der Waals surface area contributed by atoms with Gasteiger partial charge in [-0.2, -0.15) is 0 Å². The Kier molecular flexibility index (Phi) is 9.97. The smallest absolute Gasteiger partial charge is 0.308 e. The standard InChI is InChI=1S/C13H25N3O4S.HI/c1-4-21(18,19)10-7-15-13(14-2)16-8-5-11(6-9-16)12(17)20-3;/h11H,4-10H2,1-3H3,(H,14,15);1H. The number of guanidine groups is 1. The zero-order valence-corrected chi connectivity index (χ0v) is 16.5. The highest BCUT2D eigenvalue weighted by Gasteiger charge is 2.26. The Labute approximate surface area is 149 Å². The average Bonchev–Trinajstić information content (AvgIpc) is 2.51. The molecule has 0 spiro atoms. The lowest BCUT2D eigenvalue weighted by atomic mass is 9.97. The van der Waals surface area contributed by atoms with Gasteiger partial charge in [0.1, 0.15) is 0 Å². The molecule has 0 aromatic heterocycles. The van der Waals surface area contributed by atoms with Gasteiger partial charge in [-0.3, -0.25) is 9.79 Å². The summed E-state index contributed by atoms with van der Waals surface area (Å²) in [6, 6.07) is 0. The lowest BCUT2D eigenvalue weighted by Crippen LogP contribution is -2.47. The number of aliphatic imine (C=N–C) groups is 1. The second-order valence-electron chi connectivity index (χ2n) is 4.99. The highest BCUT2D eigenvalue weighted by Crippen LogP contribution is 2.18. The summed E-state index contributed by atoms with van der Waals surface area (Å²) in [7, 11) is 0.101. The van der Waals surface area contributed by atoms with Gasteiger partial charge in [0.15, 0.2) is 15.8 Å². The van der Waals surface area contributed by atoms with E-state index in [1.165, 1.54) is 7.11 Å². The summed E-state index contributed by atoms with van der Waals surface area (Å²) in [4.78, 5) is 17.7. The second-order valence-corrected chi connectivity index (χ2v) is 7.47. The Balaban J connectivity index is 0.00000441. The summed E-state index contributed by atoms with van der Waals surface area (Å²) >= 11 is 0. The Hall–Kier alpha value is -0.580. The number of carbonyl (C=O) groups is 1. The first-order valence-electron chi connectivity index (χ1n) is 7.17. The Morgan fingerprint density at radius 2 is 1.95 bits per heavy atom.